The zero-order valence-corrected chi connectivity index (χ0v) is 21.4. The number of thiophene rings is 1. The molecule has 1 saturated heterocycles. The van der Waals surface area contributed by atoms with Gasteiger partial charge in [0.2, 0.25) is 5.91 Å². The summed E-state index contributed by atoms with van der Waals surface area (Å²) in [6.07, 6.45) is 1.24. The number of anilines is 1. The first-order chi connectivity index (χ1) is 15.8. The van der Waals surface area contributed by atoms with Crippen LogP contribution in [0.15, 0.2) is 40.6 Å². The van der Waals surface area contributed by atoms with E-state index in [2.05, 4.69) is 10.3 Å². The zero-order chi connectivity index (χ0) is 23.6. The molecule has 0 radical (unpaired) electrons. The molecule has 1 aromatic carbocycles. The molecule has 1 aliphatic rings. The Morgan fingerprint density at radius 1 is 1.24 bits per heavy atom. The minimum atomic E-state index is -3.66. The van der Waals surface area contributed by atoms with Gasteiger partial charge in [-0.1, -0.05) is 11.6 Å². The fourth-order valence-corrected chi connectivity index (χ4v) is 7.74. The number of rotatable bonds is 7. The largest absolute Gasteiger partial charge is 0.494 e. The highest BCUT2D eigenvalue weighted by Gasteiger charge is 2.34. The monoisotopic (exact) mass is 525 g/mol. The molecule has 33 heavy (non-hydrogen) atoms. The van der Waals surface area contributed by atoms with Crippen LogP contribution in [0.25, 0.3) is 11.3 Å². The van der Waals surface area contributed by atoms with Crippen LogP contribution in [-0.4, -0.2) is 43.3 Å². The molecule has 1 atom stereocenters. The molecule has 1 amide bonds. The third kappa shape index (κ3) is 5.41. The summed E-state index contributed by atoms with van der Waals surface area (Å²) in [4.78, 5) is 18.5. The van der Waals surface area contributed by atoms with Gasteiger partial charge in [-0.05, 0) is 63.1 Å². The predicted molar refractivity (Wildman–Crippen MR) is 133 cm³/mol. The van der Waals surface area contributed by atoms with Gasteiger partial charge in [0.05, 0.1) is 22.6 Å². The SMILES string of the molecule is CCOc1ccc(-c2nc(NC(=O)C3CCCN(S(=O)(=O)c4ccc(Cl)s4)C3)sc2C)cc1. The summed E-state index contributed by atoms with van der Waals surface area (Å²) in [5, 5.41) is 3.40. The minimum Gasteiger partial charge on any atom is -0.494 e. The number of benzene rings is 1. The van der Waals surface area contributed by atoms with Gasteiger partial charge in [0, 0.05) is 23.5 Å². The summed E-state index contributed by atoms with van der Waals surface area (Å²) < 4.78 is 33.3. The Hall–Kier alpha value is -1.98. The molecule has 4 rings (SSSR count). The summed E-state index contributed by atoms with van der Waals surface area (Å²) in [6.45, 7) is 5.03. The number of hydrogen-bond acceptors (Lipinski definition) is 7. The van der Waals surface area contributed by atoms with Crippen LogP contribution in [0.2, 0.25) is 4.34 Å². The van der Waals surface area contributed by atoms with Crippen molar-refractivity contribution in [3.63, 3.8) is 0 Å². The number of thiazole rings is 1. The van der Waals surface area contributed by atoms with Crippen molar-refractivity contribution in [1.82, 2.24) is 9.29 Å². The molecular formula is C22H24ClN3O4S3. The van der Waals surface area contributed by atoms with E-state index in [-0.39, 0.29) is 16.7 Å². The maximum Gasteiger partial charge on any atom is 0.252 e. The number of halogens is 1. The lowest BCUT2D eigenvalue weighted by Crippen LogP contribution is -2.43. The number of aromatic nitrogens is 1. The number of ether oxygens (including phenoxy) is 1. The molecule has 7 nitrogen and oxygen atoms in total. The molecule has 1 unspecified atom stereocenters. The Labute approximate surface area is 206 Å². The lowest BCUT2D eigenvalue weighted by atomic mass is 9.99. The van der Waals surface area contributed by atoms with Crippen LogP contribution < -0.4 is 10.1 Å². The summed E-state index contributed by atoms with van der Waals surface area (Å²) in [7, 11) is -3.66. The van der Waals surface area contributed by atoms with Crippen molar-refractivity contribution < 1.29 is 17.9 Å². The molecule has 3 heterocycles. The molecule has 3 aromatic rings. The number of hydrogen-bond donors (Lipinski definition) is 1. The molecular weight excluding hydrogens is 502 g/mol. The van der Waals surface area contributed by atoms with Crippen molar-refractivity contribution in [3.8, 4) is 17.0 Å². The molecule has 11 heteroatoms. The topological polar surface area (TPSA) is 88.6 Å². The molecule has 0 bridgehead atoms. The van der Waals surface area contributed by atoms with Gasteiger partial charge in [-0.2, -0.15) is 4.31 Å². The first-order valence-electron chi connectivity index (χ1n) is 10.5. The maximum absolute atomic E-state index is 13.0. The lowest BCUT2D eigenvalue weighted by Gasteiger charge is -2.30. The molecule has 1 aliphatic heterocycles. The van der Waals surface area contributed by atoms with E-state index in [0.29, 0.717) is 35.5 Å². The lowest BCUT2D eigenvalue weighted by molar-refractivity contribution is -0.120. The van der Waals surface area contributed by atoms with Crippen molar-refractivity contribution in [2.75, 3.05) is 25.0 Å². The molecule has 2 aromatic heterocycles. The second kappa shape index (κ2) is 10.1. The van der Waals surface area contributed by atoms with Crippen molar-refractivity contribution in [2.45, 2.75) is 30.9 Å². The molecule has 0 spiro atoms. The Bertz CT molecular complexity index is 1240. The van der Waals surface area contributed by atoms with Gasteiger partial charge in [-0.3, -0.25) is 4.79 Å². The van der Waals surface area contributed by atoms with Crippen LogP contribution in [0.4, 0.5) is 5.13 Å². The highest BCUT2D eigenvalue weighted by Crippen LogP contribution is 2.33. The third-order valence-corrected chi connectivity index (χ3v) is 9.81. The van der Waals surface area contributed by atoms with E-state index < -0.39 is 15.9 Å². The molecule has 0 saturated carbocycles. The number of amides is 1. The van der Waals surface area contributed by atoms with Gasteiger partial charge in [0.15, 0.2) is 5.13 Å². The fraction of sp³-hybridized carbons (Fsp3) is 0.364. The number of nitrogens with one attached hydrogen (secondary N) is 1. The smallest absolute Gasteiger partial charge is 0.252 e. The normalized spacial score (nSPS) is 17.1. The first-order valence-corrected chi connectivity index (χ1v) is 14.0. The quantitative estimate of drug-likeness (QED) is 0.454. The van der Waals surface area contributed by atoms with Crippen LogP contribution in [0.5, 0.6) is 5.75 Å². The molecule has 1 fully saturated rings. The Morgan fingerprint density at radius 2 is 2.00 bits per heavy atom. The summed E-state index contributed by atoms with van der Waals surface area (Å²) in [5.74, 6) is 0.137. The van der Waals surface area contributed by atoms with Crippen LogP contribution in [0.1, 0.15) is 24.6 Å². The third-order valence-electron chi connectivity index (χ3n) is 5.36. The summed E-state index contributed by atoms with van der Waals surface area (Å²) >= 11 is 8.34. The van der Waals surface area contributed by atoms with Crippen molar-refractivity contribution in [2.24, 2.45) is 5.92 Å². The second-order valence-corrected chi connectivity index (χ2v) is 12.7. The van der Waals surface area contributed by atoms with E-state index in [1.165, 1.54) is 21.7 Å². The van der Waals surface area contributed by atoms with E-state index in [1.54, 1.807) is 6.07 Å². The van der Waals surface area contributed by atoms with Gasteiger partial charge in [-0.15, -0.1) is 22.7 Å². The van der Waals surface area contributed by atoms with E-state index >= 15 is 0 Å². The van der Waals surface area contributed by atoms with Crippen molar-refractivity contribution in [1.29, 1.82) is 0 Å². The van der Waals surface area contributed by atoms with Gasteiger partial charge < -0.3 is 10.1 Å². The standard InChI is InChI=1S/C22H24ClN3O4S3/c1-3-30-17-8-6-15(7-9-17)20-14(2)31-22(24-20)25-21(27)16-5-4-12-26(13-16)33(28,29)19-11-10-18(23)32-19/h6-11,16H,3-5,12-13H2,1-2H3,(H,24,25,27). The maximum atomic E-state index is 13.0. The summed E-state index contributed by atoms with van der Waals surface area (Å²) in [5.41, 5.74) is 1.75. The Morgan fingerprint density at radius 3 is 2.67 bits per heavy atom. The van der Waals surface area contributed by atoms with Crippen molar-refractivity contribution in [3.05, 3.63) is 45.6 Å². The summed E-state index contributed by atoms with van der Waals surface area (Å²) in [6, 6.07) is 10.8. The van der Waals surface area contributed by atoms with Crippen LogP contribution in [0, 0.1) is 12.8 Å². The Kier molecular flexibility index (Phi) is 7.40. The minimum absolute atomic E-state index is 0.139. The highest BCUT2D eigenvalue weighted by atomic mass is 35.5. The number of carbonyl (C=O) groups is 1. The van der Waals surface area contributed by atoms with Crippen LogP contribution in [0.3, 0.4) is 0 Å². The van der Waals surface area contributed by atoms with Gasteiger partial charge in [0.25, 0.3) is 10.0 Å². The molecule has 176 valence electrons. The predicted octanol–water partition coefficient (Wildman–Crippen LogP) is 5.27. The van der Waals surface area contributed by atoms with E-state index in [9.17, 15) is 13.2 Å². The number of aryl methyl sites for hydroxylation is 1. The van der Waals surface area contributed by atoms with E-state index in [4.69, 9.17) is 16.3 Å². The number of piperidine rings is 1. The zero-order valence-electron chi connectivity index (χ0n) is 18.2. The van der Waals surface area contributed by atoms with Crippen LogP contribution in [-0.2, 0) is 14.8 Å². The van der Waals surface area contributed by atoms with E-state index in [1.807, 2.05) is 38.1 Å². The van der Waals surface area contributed by atoms with Gasteiger partial charge in [0.1, 0.15) is 9.96 Å². The molecule has 1 N–H and O–H groups in total. The Balaban J connectivity index is 1.44. The fourth-order valence-electron chi connectivity index (χ4n) is 3.74. The number of sulfonamides is 1. The van der Waals surface area contributed by atoms with Gasteiger partial charge in [-0.25, -0.2) is 13.4 Å². The van der Waals surface area contributed by atoms with Gasteiger partial charge >= 0.3 is 0 Å². The van der Waals surface area contributed by atoms with E-state index in [0.717, 1.165) is 33.2 Å². The van der Waals surface area contributed by atoms with Crippen LogP contribution >= 0.6 is 34.3 Å². The molecule has 0 aliphatic carbocycles. The first kappa shape index (κ1) is 24.2. The number of carbonyl (C=O) groups excluding carboxylic acids is 1. The van der Waals surface area contributed by atoms with Crippen molar-refractivity contribution >= 4 is 55.3 Å². The highest BCUT2D eigenvalue weighted by molar-refractivity contribution is 7.91. The average molecular weight is 526 g/mol. The average Bonchev–Trinajstić information content (AvgIpc) is 3.40. The number of nitrogens with zero attached hydrogens (tertiary/aromatic N) is 2. The second-order valence-electron chi connectivity index (χ2n) is 7.63.